The van der Waals surface area contributed by atoms with E-state index in [1.54, 1.807) is 13.8 Å². The molecule has 1 unspecified atom stereocenters. The monoisotopic (exact) mass is 220 g/mol. The lowest BCUT2D eigenvalue weighted by molar-refractivity contribution is -0.145. The third kappa shape index (κ3) is 3.41. The Kier molecular flexibility index (Phi) is 4.45. The van der Waals surface area contributed by atoms with Crippen molar-refractivity contribution >= 4 is 5.91 Å². The zero-order valence-electron chi connectivity index (χ0n) is 9.17. The minimum atomic E-state index is -2.89. The van der Waals surface area contributed by atoms with E-state index >= 15 is 0 Å². The molecule has 0 aromatic carbocycles. The second-order valence-corrected chi connectivity index (χ2v) is 4.18. The summed E-state index contributed by atoms with van der Waals surface area (Å²) in [4.78, 5) is 12.5. The molecule has 1 heterocycles. The van der Waals surface area contributed by atoms with Gasteiger partial charge in [0.05, 0.1) is 0 Å². The largest absolute Gasteiger partial charge is 0.334 e. The first-order chi connectivity index (χ1) is 7.02. The van der Waals surface area contributed by atoms with Crippen molar-refractivity contribution in [1.82, 2.24) is 10.2 Å². The molecular formula is C10H18F2N2O. The molecule has 1 N–H and O–H groups in total. The van der Waals surface area contributed by atoms with Gasteiger partial charge in [-0.3, -0.25) is 4.79 Å². The molecule has 0 aromatic rings. The number of carbonyl (C=O) groups is 1. The van der Waals surface area contributed by atoms with Crippen molar-refractivity contribution in [2.24, 2.45) is 0 Å². The summed E-state index contributed by atoms with van der Waals surface area (Å²) in [7, 11) is 0. The number of nitrogens with zero attached hydrogens (tertiary/aromatic N) is 1. The highest BCUT2D eigenvalue weighted by molar-refractivity contribution is 5.79. The third-order valence-corrected chi connectivity index (χ3v) is 2.67. The molecule has 1 fully saturated rings. The van der Waals surface area contributed by atoms with Crippen LogP contribution in [-0.4, -0.2) is 42.4 Å². The molecule has 1 amide bonds. The summed E-state index contributed by atoms with van der Waals surface area (Å²) in [5.41, 5.74) is 0. The second kappa shape index (κ2) is 5.39. The Morgan fingerprint density at radius 2 is 2.20 bits per heavy atom. The molecule has 0 saturated carbocycles. The van der Waals surface area contributed by atoms with Crippen molar-refractivity contribution in [2.75, 3.05) is 13.1 Å². The first kappa shape index (κ1) is 12.4. The second-order valence-electron chi connectivity index (χ2n) is 4.18. The molecule has 1 aliphatic rings. The van der Waals surface area contributed by atoms with E-state index in [0.717, 1.165) is 19.4 Å². The fourth-order valence-electron chi connectivity index (χ4n) is 1.83. The number of nitrogens with one attached hydrogen (secondary N) is 1. The van der Waals surface area contributed by atoms with Crippen molar-refractivity contribution in [3.05, 3.63) is 0 Å². The van der Waals surface area contributed by atoms with Gasteiger partial charge in [-0.15, -0.1) is 0 Å². The van der Waals surface area contributed by atoms with Crippen LogP contribution in [0.2, 0.25) is 0 Å². The summed E-state index contributed by atoms with van der Waals surface area (Å²) in [6.07, 6.45) is -0.882. The van der Waals surface area contributed by atoms with E-state index in [-0.39, 0.29) is 12.1 Å². The van der Waals surface area contributed by atoms with E-state index in [1.807, 2.05) is 0 Å². The molecule has 1 rings (SSSR count). The summed E-state index contributed by atoms with van der Waals surface area (Å²) in [6, 6.07) is 0.00370. The summed E-state index contributed by atoms with van der Waals surface area (Å²) in [5, 5.41) is 3.20. The van der Waals surface area contributed by atoms with Gasteiger partial charge in [-0.05, 0) is 33.2 Å². The molecule has 15 heavy (non-hydrogen) atoms. The highest BCUT2D eigenvalue weighted by atomic mass is 19.3. The molecule has 0 spiro atoms. The predicted octanol–water partition coefficient (Wildman–Crippen LogP) is 1.24. The summed E-state index contributed by atoms with van der Waals surface area (Å²) in [6.45, 7) is 4.82. The van der Waals surface area contributed by atoms with E-state index in [0.29, 0.717) is 6.54 Å². The molecule has 0 aromatic heterocycles. The molecule has 1 aliphatic heterocycles. The lowest BCUT2D eigenvalue weighted by Crippen LogP contribution is -2.47. The normalized spacial score (nSPS) is 21.3. The van der Waals surface area contributed by atoms with Crippen LogP contribution in [0.3, 0.4) is 0 Å². The summed E-state index contributed by atoms with van der Waals surface area (Å²) < 4.78 is 24.6. The summed E-state index contributed by atoms with van der Waals surface area (Å²) >= 11 is 0. The van der Waals surface area contributed by atoms with Crippen molar-refractivity contribution in [2.45, 2.75) is 45.2 Å². The number of halogens is 2. The van der Waals surface area contributed by atoms with Gasteiger partial charge in [0.2, 0.25) is 0 Å². The SMILES string of the molecule is CC(C)N(CC1CCCN1)C(=O)C(F)F. The van der Waals surface area contributed by atoms with E-state index in [2.05, 4.69) is 5.32 Å². The highest BCUT2D eigenvalue weighted by Gasteiger charge is 2.28. The van der Waals surface area contributed by atoms with Gasteiger partial charge < -0.3 is 10.2 Å². The van der Waals surface area contributed by atoms with Crippen LogP contribution < -0.4 is 5.32 Å². The molecule has 3 nitrogen and oxygen atoms in total. The van der Waals surface area contributed by atoms with Crippen molar-refractivity contribution in [3.63, 3.8) is 0 Å². The zero-order valence-corrected chi connectivity index (χ0v) is 9.17. The van der Waals surface area contributed by atoms with Gasteiger partial charge in [0, 0.05) is 18.6 Å². The van der Waals surface area contributed by atoms with Gasteiger partial charge in [0.15, 0.2) is 0 Å². The van der Waals surface area contributed by atoms with E-state index in [4.69, 9.17) is 0 Å². The third-order valence-electron chi connectivity index (χ3n) is 2.67. The lowest BCUT2D eigenvalue weighted by Gasteiger charge is -2.29. The van der Waals surface area contributed by atoms with Gasteiger partial charge >= 0.3 is 6.43 Å². The van der Waals surface area contributed by atoms with Crippen LogP contribution in [0.15, 0.2) is 0 Å². The average Bonchev–Trinajstić information content (AvgIpc) is 2.64. The van der Waals surface area contributed by atoms with Crippen LogP contribution >= 0.6 is 0 Å². The first-order valence-electron chi connectivity index (χ1n) is 5.34. The minimum Gasteiger partial charge on any atom is -0.334 e. The van der Waals surface area contributed by atoms with Crippen LogP contribution in [0.4, 0.5) is 8.78 Å². The lowest BCUT2D eigenvalue weighted by atomic mass is 10.2. The van der Waals surface area contributed by atoms with Gasteiger partial charge in [-0.1, -0.05) is 0 Å². The minimum absolute atomic E-state index is 0.172. The van der Waals surface area contributed by atoms with Gasteiger partial charge in [-0.2, -0.15) is 8.78 Å². The Balaban J connectivity index is 2.53. The standard InChI is InChI=1S/C10H18F2N2O/c1-7(2)14(10(15)9(11)12)6-8-4-3-5-13-8/h7-9,13H,3-6H2,1-2H3. The molecule has 1 saturated heterocycles. The average molecular weight is 220 g/mol. The molecule has 0 radical (unpaired) electrons. The Hall–Kier alpha value is -0.710. The molecule has 5 heteroatoms. The number of hydrogen-bond acceptors (Lipinski definition) is 2. The number of hydrogen-bond donors (Lipinski definition) is 1. The Morgan fingerprint density at radius 1 is 1.53 bits per heavy atom. The number of carbonyl (C=O) groups excluding carboxylic acids is 1. The van der Waals surface area contributed by atoms with Crippen LogP contribution in [-0.2, 0) is 4.79 Å². The van der Waals surface area contributed by atoms with Gasteiger partial charge in [-0.25, -0.2) is 0 Å². The molecule has 88 valence electrons. The smallest absolute Gasteiger partial charge is 0.315 e. The Morgan fingerprint density at radius 3 is 2.60 bits per heavy atom. The Labute approximate surface area is 88.8 Å². The maximum Gasteiger partial charge on any atom is 0.315 e. The van der Waals surface area contributed by atoms with Crippen LogP contribution in [0.25, 0.3) is 0 Å². The fraction of sp³-hybridized carbons (Fsp3) is 0.900. The van der Waals surface area contributed by atoms with Crippen LogP contribution in [0.5, 0.6) is 0 Å². The fourth-order valence-corrected chi connectivity index (χ4v) is 1.83. The van der Waals surface area contributed by atoms with Crippen molar-refractivity contribution in [3.8, 4) is 0 Å². The first-order valence-corrected chi connectivity index (χ1v) is 5.34. The van der Waals surface area contributed by atoms with Gasteiger partial charge in [0.25, 0.3) is 5.91 Å². The van der Waals surface area contributed by atoms with E-state index in [1.165, 1.54) is 4.90 Å². The summed E-state index contributed by atoms with van der Waals surface area (Å²) in [5.74, 6) is -1.06. The zero-order chi connectivity index (χ0) is 11.4. The van der Waals surface area contributed by atoms with Gasteiger partial charge in [0.1, 0.15) is 0 Å². The number of rotatable bonds is 4. The van der Waals surface area contributed by atoms with Crippen LogP contribution in [0.1, 0.15) is 26.7 Å². The topological polar surface area (TPSA) is 32.3 Å². The van der Waals surface area contributed by atoms with E-state index in [9.17, 15) is 13.6 Å². The molecular weight excluding hydrogens is 202 g/mol. The molecule has 0 bridgehead atoms. The maximum absolute atomic E-state index is 12.3. The van der Waals surface area contributed by atoms with E-state index < -0.39 is 12.3 Å². The maximum atomic E-state index is 12.3. The number of amides is 1. The van der Waals surface area contributed by atoms with Crippen molar-refractivity contribution in [1.29, 1.82) is 0 Å². The predicted molar refractivity (Wildman–Crippen MR) is 53.9 cm³/mol. The molecule has 1 atom stereocenters. The van der Waals surface area contributed by atoms with Crippen molar-refractivity contribution < 1.29 is 13.6 Å². The highest BCUT2D eigenvalue weighted by Crippen LogP contribution is 2.12. The quantitative estimate of drug-likeness (QED) is 0.773. The van der Waals surface area contributed by atoms with Crippen LogP contribution in [0, 0.1) is 0 Å². The Bertz CT molecular complexity index is 215. The molecule has 0 aliphatic carbocycles. The number of alkyl halides is 2.